The standard InChI is InChI=1S/C21H22ClN5O2S/c1-11-12(2)30-21-18(11)19(14-4-6-15(22)7-5-14)24-16(10-17(29)23-8-9-28)20-26-25-13(3)27(20)21/h4-7,16,28H,8-10H2,1-3H3,(H,23,29). The summed E-state index contributed by atoms with van der Waals surface area (Å²) in [6.45, 7) is 6.18. The number of fused-ring (bicyclic) bond motifs is 3. The van der Waals surface area contributed by atoms with Crippen LogP contribution in [-0.4, -0.2) is 44.6 Å². The molecule has 2 N–H and O–H groups in total. The number of aliphatic hydroxyl groups is 1. The molecule has 1 aromatic carbocycles. The number of amides is 1. The average molecular weight is 444 g/mol. The molecule has 0 aliphatic carbocycles. The summed E-state index contributed by atoms with van der Waals surface area (Å²) in [7, 11) is 0. The first-order valence-corrected chi connectivity index (χ1v) is 10.8. The summed E-state index contributed by atoms with van der Waals surface area (Å²) in [4.78, 5) is 18.7. The summed E-state index contributed by atoms with van der Waals surface area (Å²) in [5.74, 6) is 1.19. The zero-order valence-electron chi connectivity index (χ0n) is 16.9. The number of carbonyl (C=O) groups excluding carboxylic acids is 1. The molecule has 1 aliphatic rings. The summed E-state index contributed by atoms with van der Waals surface area (Å²) in [5, 5.41) is 22.0. The molecule has 0 saturated heterocycles. The van der Waals surface area contributed by atoms with Crippen LogP contribution in [0.5, 0.6) is 0 Å². The Morgan fingerprint density at radius 1 is 1.23 bits per heavy atom. The molecular formula is C21H22ClN5O2S. The van der Waals surface area contributed by atoms with E-state index in [4.69, 9.17) is 21.7 Å². The largest absolute Gasteiger partial charge is 0.395 e. The highest BCUT2D eigenvalue weighted by atomic mass is 35.5. The molecule has 2 aromatic heterocycles. The van der Waals surface area contributed by atoms with Gasteiger partial charge in [-0.05, 0) is 38.5 Å². The summed E-state index contributed by atoms with van der Waals surface area (Å²) >= 11 is 7.78. The zero-order valence-corrected chi connectivity index (χ0v) is 18.5. The second-order valence-corrected chi connectivity index (χ2v) is 8.82. The SMILES string of the molecule is Cc1sc2c(c1C)C(c1ccc(Cl)cc1)=NC(CC(=O)NCCO)c1nnc(C)n1-2. The van der Waals surface area contributed by atoms with Gasteiger partial charge in [0.05, 0.1) is 18.7 Å². The molecule has 1 amide bonds. The van der Waals surface area contributed by atoms with Gasteiger partial charge in [-0.1, -0.05) is 23.7 Å². The maximum atomic E-state index is 12.5. The molecule has 3 aromatic rings. The van der Waals surface area contributed by atoms with Crippen molar-refractivity contribution in [2.75, 3.05) is 13.2 Å². The number of carbonyl (C=O) groups is 1. The van der Waals surface area contributed by atoms with Gasteiger partial charge >= 0.3 is 0 Å². The van der Waals surface area contributed by atoms with Crippen LogP contribution in [0.4, 0.5) is 0 Å². The molecule has 0 radical (unpaired) electrons. The number of nitrogens with zero attached hydrogens (tertiary/aromatic N) is 4. The van der Waals surface area contributed by atoms with Gasteiger partial charge in [0.15, 0.2) is 5.82 Å². The Labute approximate surface area is 183 Å². The van der Waals surface area contributed by atoms with Crippen molar-refractivity contribution in [1.29, 1.82) is 0 Å². The number of hydrogen-bond acceptors (Lipinski definition) is 6. The number of hydrogen-bond donors (Lipinski definition) is 2. The van der Waals surface area contributed by atoms with E-state index in [1.54, 1.807) is 11.3 Å². The quantitative estimate of drug-likeness (QED) is 0.632. The van der Waals surface area contributed by atoms with Gasteiger partial charge in [0.2, 0.25) is 5.91 Å². The Morgan fingerprint density at radius 3 is 2.67 bits per heavy atom. The molecule has 30 heavy (non-hydrogen) atoms. The van der Waals surface area contributed by atoms with Crippen LogP contribution in [0.15, 0.2) is 29.3 Å². The average Bonchev–Trinajstić information content (AvgIpc) is 3.19. The van der Waals surface area contributed by atoms with Gasteiger partial charge in [0.1, 0.15) is 16.9 Å². The summed E-state index contributed by atoms with van der Waals surface area (Å²) in [5.41, 5.74) is 3.92. The van der Waals surface area contributed by atoms with Gasteiger partial charge in [-0.25, -0.2) is 0 Å². The van der Waals surface area contributed by atoms with Crippen LogP contribution in [0.25, 0.3) is 5.00 Å². The molecule has 0 bridgehead atoms. The Morgan fingerprint density at radius 2 is 1.97 bits per heavy atom. The van der Waals surface area contributed by atoms with Gasteiger partial charge in [0.25, 0.3) is 0 Å². The number of aliphatic hydroxyl groups excluding tert-OH is 1. The van der Waals surface area contributed by atoms with Crippen molar-refractivity contribution in [3.05, 3.63) is 62.5 Å². The third-order valence-corrected chi connectivity index (χ3v) is 6.61. The van der Waals surface area contributed by atoms with E-state index >= 15 is 0 Å². The summed E-state index contributed by atoms with van der Waals surface area (Å²) < 4.78 is 2.01. The first kappa shape index (κ1) is 20.7. The molecule has 3 heterocycles. The lowest BCUT2D eigenvalue weighted by atomic mass is 9.99. The van der Waals surface area contributed by atoms with E-state index in [1.165, 1.54) is 4.88 Å². The van der Waals surface area contributed by atoms with Crippen molar-refractivity contribution in [3.63, 3.8) is 0 Å². The van der Waals surface area contributed by atoms with Crippen LogP contribution >= 0.6 is 22.9 Å². The van der Waals surface area contributed by atoms with Crippen LogP contribution in [0.3, 0.4) is 0 Å². The van der Waals surface area contributed by atoms with Gasteiger partial charge in [-0.2, -0.15) is 0 Å². The summed E-state index contributed by atoms with van der Waals surface area (Å²) in [6.07, 6.45) is 0.113. The van der Waals surface area contributed by atoms with E-state index in [1.807, 2.05) is 35.8 Å². The fraction of sp³-hybridized carbons (Fsp3) is 0.333. The highest BCUT2D eigenvalue weighted by molar-refractivity contribution is 7.15. The topological polar surface area (TPSA) is 92.4 Å². The number of benzene rings is 1. The Balaban J connectivity index is 1.91. The minimum atomic E-state index is -0.505. The summed E-state index contributed by atoms with van der Waals surface area (Å²) in [6, 6.07) is 7.06. The van der Waals surface area contributed by atoms with Crippen molar-refractivity contribution in [2.45, 2.75) is 33.2 Å². The molecule has 1 aliphatic heterocycles. The Bertz CT molecular complexity index is 1130. The second kappa shape index (κ2) is 8.29. The van der Waals surface area contributed by atoms with Crippen molar-refractivity contribution in [2.24, 2.45) is 4.99 Å². The predicted octanol–water partition coefficient (Wildman–Crippen LogP) is 3.30. The monoisotopic (exact) mass is 443 g/mol. The minimum absolute atomic E-state index is 0.110. The first-order chi connectivity index (χ1) is 14.4. The normalized spacial score (nSPS) is 15.2. The highest BCUT2D eigenvalue weighted by Gasteiger charge is 2.32. The third kappa shape index (κ3) is 3.66. The third-order valence-electron chi connectivity index (χ3n) is 5.17. The van der Waals surface area contributed by atoms with Crippen molar-refractivity contribution >= 4 is 34.6 Å². The molecule has 0 fully saturated rings. The number of rotatable bonds is 5. The molecule has 0 saturated carbocycles. The zero-order chi connectivity index (χ0) is 21.4. The highest BCUT2D eigenvalue weighted by Crippen LogP contribution is 2.39. The van der Waals surface area contributed by atoms with E-state index in [0.717, 1.165) is 33.2 Å². The maximum absolute atomic E-state index is 12.5. The number of aliphatic imine (C=N–C) groups is 1. The number of nitrogens with one attached hydrogen (secondary N) is 1. The molecule has 156 valence electrons. The molecule has 9 heteroatoms. The lowest BCUT2D eigenvalue weighted by Crippen LogP contribution is -2.28. The fourth-order valence-electron chi connectivity index (χ4n) is 3.58. The molecule has 7 nitrogen and oxygen atoms in total. The number of halogens is 1. The van der Waals surface area contributed by atoms with Crippen LogP contribution in [-0.2, 0) is 4.79 Å². The molecule has 0 spiro atoms. The van der Waals surface area contributed by atoms with Crippen molar-refractivity contribution < 1.29 is 9.90 Å². The fourth-order valence-corrected chi connectivity index (χ4v) is 4.92. The van der Waals surface area contributed by atoms with Gasteiger partial charge < -0.3 is 10.4 Å². The first-order valence-electron chi connectivity index (χ1n) is 9.64. The lowest BCUT2D eigenvalue weighted by molar-refractivity contribution is -0.121. The molecule has 4 rings (SSSR count). The van der Waals surface area contributed by atoms with Crippen LogP contribution in [0.1, 0.15) is 45.7 Å². The van der Waals surface area contributed by atoms with E-state index in [-0.39, 0.29) is 25.5 Å². The van der Waals surface area contributed by atoms with Crippen molar-refractivity contribution in [1.82, 2.24) is 20.1 Å². The molecule has 1 unspecified atom stereocenters. The Kier molecular flexibility index (Phi) is 5.73. The number of aromatic nitrogens is 3. The lowest BCUT2D eigenvalue weighted by Gasteiger charge is -2.12. The van der Waals surface area contributed by atoms with Gasteiger partial charge in [-0.3, -0.25) is 14.4 Å². The van der Waals surface area contributed by atoms with E-state index in [2.05, 4.69) is 29.4 Å². The van der Waals surface area contributed by atoms with E-state index < -0.39 is 6.04 Å². The van der Waals surface area contributed by atoms with Gasteiger partial charge in [0, 0.05) is 27.6 Å². The van der Waals surface area contributed by atoms with Crippen LogP contribution in [0, 0.1) is 20.8 Å². The van der Waals surface area contributed by atoms with Crippen LogP contribution in [0.2, 0.25) is 5.02 Å². The minimum Gasteiger partial charge on any atom is -0.395 e. The van der Waals surface area contributed by atoms with Gasteiger partial charge in [-0.15, -0.1) is 21.5 Å². The number of aryl methyl sites for hydroxylation is 2. The predicted molar refractivity (Wildman–Crippen MR) is 118 cm³/mol. The molecule has 1 atom stereocenters. The van der Waals surface area contributed by atoms with E-state index in [9.17, 15) is 4.79 Å². The maximum Gasteiger partial charge on any atom is 0.222 e. The Hall–Kier alpha value is -2.55. The second-order valence-electron chi connectivity index (χ2n) is 7.18. The molecular weight excluding hydrogens is 422 g/mol. The van der Waals surface area contributed by atoms with Crippen molar-refractivity contribution in [3.8, 4) is 5.00 Å². The van der Waals surface area contributed by atoms with Crippen LogP contribution < -0.4 is 5.32 Å². The smallest absolute Gasteiger partial charge is 0.222 e. The van der Waals surface area contributed by atoms with E-state index in [0.29, 0.717) is 10.8 Å². The number of thiophene rings is 1.